The lowest BCUT2D eigenvalue weighted by Gasteiger charge is -2.41. The van der Waals surface area contributed by atoms with E-state index in [1.807, 2.05) is 0 Å². The Morgan fingerprint density at radius 3 is 2.25 bits per heavy atom. The summed E-state index contributed by atoms with van der Waals surface area (Å²) in [4.78, 5) is 0. The Kier molecular flexibility index (Phi) is 3.13. The molecule has 1 rings (SSSR count). The molecular weight excluding hydrogens is 148 g/mol. The first-order valence-corrected chi connectivity index (χ1v) is 5.09. The molecule has 0 heterocycles. The molecule has 0 spiro atoms. The molecule has 1 aliphatic rings. The van der Waals surface area contributed by atoms with Crippen LogP contribution in [0.15, 0.2) is 0 Å². The molecule has 0 aromatic rings. The van der Waals surface area contributed by atoms with Crippen LogP contribution < -0.4 is 11.5 Å². The van der Waals surface area contributed by atoms with Crippen LogP contribution in [0.2, 0.25) is 0 Å². The number of hydrogen-bond acceptors (Lipinski definition) is 2. The van der Waals surface area contributed by atoms with Crippen LogP contribution in [-0.4, -0.2) is 12.1 Å². The summed E-state index contributed by atoms with van der Waals surface area (Å²) < 4.78 is 0. The second-order valence-corrected chi connectivity index (χ2v) is 4.40. The van der Waals surface area contributed by atoms with E-state index in [4.69, 9.17) is 11.5 Å². The fraction of sp³-hybridized carbons (Fsp3) is 1.00. The van der Waals surface area contributed by atoms with Crippen LogP contribution in [0.5, 0.6) is 0 Å². The van der Waals surface area contributed by atoms with Gasteiger partial charge in [0.15, 0.2) is 0 Å². The van der Waals surface area contributed by atoms with Crippen molar-refractivity contribution in [1.82, 2.24) is 0 Å². The minimum atomic E-state index is 0.207. The third-order valence-electron chi connectivity index (χ3n) is 3.69. The third-order valence-corrected chi connectivity index (χ3v) is 3.69. The topological polar surface area (TPSA) is 52.0 Å². The molecule has 1 fully saturated rings. The normalized spacial score (nSPS) is 49.2. The van der Waals surface area contributed by atoms with Crippen molar-refractivity contribution in [2.24, 2.45) is 29.2 Å². The van der Waals surface area contributed by atoms with E-state index in [-0.39, 0.29) is 12.1 Å². The van der Waals surface area contributed by atoms with Gasteiger partial charge in [0.1, 0.15) is 0 Å². The van der Waals surface area contributed by atoms with Crippen molar-refractivity contribution in [3.05, 3.63) is 0 Å². The highest BCUT2D eigenvalue weighted by molar-refractivity contribution is 4.93. The van der Waals surface area contributed by atoms with Crippen LogP contribution in [0.3, 0.4) is 0 Å². The van der Waals surface area contributed by atoms with Gasteiger partial charge in [-0.1, -0.05) is 27.2 Å². The molecule has 0 amide bonds. The predicted molar refractivity (Wildman–Crippen MR) is 52.7 cm³/mol. The Labute approximate surface area is 75.7 Å². The molecule has 2 nitrogen and oxygen atoms in total. The molecule has 12 heavy (non-hydrogen) atoms. The Balaban J connectivity index is 2.63. The highest BCUT2D eigenvalue weighted by Crippen LogP contribution is 2.33. The van der Waals surface area contributed by atoms with Crippen molar-refractivity contribution in [2.45, 2.75) is 45.7 Å². The molecule has 1 aliphatic carbocycles. The van der Waals surface area contributed by atoms with E-state index in [0.717, 1.165) is 5.92 Å². The summed E-state index contributed by atoms with van der Waals surface area (Å²) in [5.74, 6) is 1.97. The van der Waals surface area contributed by atoms with Gasteiger partial charge in [-0.25, -0.2) is 0 Å². The molecule has 4 N–H and O–H groups in total. The zero-order valence-corrected chi connectivity index (χ0v) is 8.46. The van der Waals surface area contributed by atoms with E-state index < -0.39 is 0 Å². The summed E-state index contributed by atoms with van der Waals surface area (Å²) in [7, 11) is 0. The quantitative estimate of drug-likeness (QED) is 0.624. The SMILES string of the molecule is CCC1CC(C)C(C)C(N)C1N. The molecule has 2 heteroatoms. The van der Waals surface area contributed by atoms with Gasteiger partial charge in [0, 0.05) is 12.1 Å². The van der Waals surface area contributed by atoms with Gasteiger partial charge in [0.2, 0.25) is 0 Å². The Bertz CT molecular complexity index is 142. The Hall–Kier alpha value is -0.0800. The first kappa shape index (κ1) is 10.0. The average molecular weight is 170 g/mol. The maximum absolute atomic E-state index is 6.06. The van der Waals surface area contributed by atoms with E-state index in [2.05, 4.69) is 20.8 Å². The van der Waals surface area contributed by atoms with Gasteiger partial charge in [0.25, 0.3) is 0 Å². The lowest BCUT2D eigenvalue weighted by molar-refractivity contribution is 0.147. The fourth-order valence-corrected chi connectivity index (χ4v) is 2.33. The minimum absolute atomic E-state index is 0.207. The van der Waals surface area contributed by atoms with Crippen molar-refractivity contribution in [3.8, 4) is 0 Å². The second kappa shape index (κ2) is 3.75. The molecule has 0 radical (unpaired) electrons. The van der Waals surface area contributed by atoms with E-state index in [0.29, 0.717) is 11.8 Å². The summed E-state index contributed by atoms with van der Waals surface area (Å²) >= 11 is 0. The summed E-state index contributed by atoms with van der Waals surface area (Å²) in [5.41, 5.74) is 12.1. The summed E-state index contributed by atoms with van der Waals surface area (Å²) in [6.45, 7) is 6.72. The molecule has 0 aromatic heterocycles. The van der Waals surface area contributed by atoms with Crippen LogP contribution in [-0.2, 0) is 0 Å². The molecule has 72 valence electrons. The van der Waals surface area contributed by atoms with Gasteiger partial charge in [-0.05, 0) is 24.2 Å². The molecule has 5 atom stereocenters. The number of hydrogen-bond donors (Lipinski definition) is 2. The highest BCUT2D eigenvalue weighted by Gasteiger charge is 2.35. The van der Waals surface area contributed by atoms with Crippen molar-refractivity contribution in [2.75, 3.05) is 0 Å². The van der Waals surface area contributed by atoms with Crippen molar-refractivity contribution < 1.29 is 0 Å². The van der Waals surface area contributed by atoms with E-state index in [1.165, 1.54) is 12.8 Å². The Morgan fingerprint density at radius 2 is 1.75 bits per heavy atom. The van der Waals surface area contributed by atoms with Gasteiger partial charge in [-0.3, -0.25) is 0 Å². The van der Waals surface area contributed by atoms with Crippen molar-refractivity contribution in [1.29, 1.82) is 0 Å². The predicted octanol–water partition coefficient (Wildman–Crippen LogP) is 1.34. The maximum Gasteiger partial charge on any atom is 0.0223 e. The molecular formula is C10H22N2. The Morgan fingerprint density at radius 1 is 1.17 bits per heavy atom. The second-order valence-electron chi connectivity index (χ2n) is 4.40. The molecule has 0 saturated heterocycles. The van der Waals surface area contributed by atoms with Gasteiger partial charge in [-0.15, -0.1) is 0 Å². The van der Waals surface area contributed by atoms with Gasteiger partial charge < -0.3 is 11.5 Å². The standard InChI is InChI=1S/C10H22N2/c1-4-8-5-6(2)7(3)9(11)10(8)12/h6-10H,4-5,11-12H2,1-3H3. The third kappa shape index (κ3) is 1.64. The molecule has 1 saturated carbocycles. The lowest BCUT2D eigenvalue weighted by Crippen LogP contribution is -2.55. The molecule has 0 aromatic carbocycles. The first-order chi connectivity index (χ1) is 5.57. The van der Waals surface area contributed by atoms with Gasteiger partial charge in [-0.2, -0.15) is 0 Å². The lowest BCUT2D eigenvalue weighted by atomic mass is 9.69. The maximum atomic E-state index is 6.06. The van der Waals surface area contributed by atoms with Crippen molar-refractivity contribution in [3.63, 3.8) is 0 Å². The zero-order valence-electron chi connectivity index (χ0n) is 8.46. The first-order valence-electron chi connectivity index (χ1n) is 5.09. The molecule has 0 bridgehead atoms. The van der Waals surface area contributed by atoms with Crippen LogP contribution in [0.25, 0.3) is 0 Å². The van der Waals surface area contributed by atoms with Crippen LogP contribution in [0.1, 0.15) is 33.6 Å². The fourth-order valence-electron chi connectivity index (χ4n) is 2.33. The van der Waals surface area contributed by atoms with Crippen LogP contribution in [0, 0.1) is 17.8 Å². The molecule has 0 aliphatic heterocycles. The molecule has 5 unspecified atom stereocenters. The highest BCUT2D eigenvalue weighted by atomic mass is 14.8. The van der Waals surface area contributed by atoms with Gasteiger partial charge in [0.05, 0.1) is 0 Å². The van der Waals surface area contributed by atoms with Gasteiger partial charge >= 0.3 is 0 Å². The van der Waals surface area contributed by atoms with Crippen molar-refractivity contribution >= 4 is 0 Å². The summed E-state index contributed by atoms with van der Waals surface area (Å²) in [6.07, 6.45) is 2.43. The number of nitrogens with two attached hydrogens (primary N) is 2. The number of rotatable bonds is 1. The summed E-state index contributed by atoms with van der Waals surface area (Å²) in [5, 5.41) is 0. The van der Waals surface area contributed by atoms with E-state index >= 15 is 0 Å². The van der Waals surface area contributed by atoms with Crippen LogP contribution in [0.4, 0.5) is 0 Å². The minimum Gasteiger partial charge on any atom is -0.326 e. The largest absolute Gasteiger partial charge is 0.326 e. The van der Waals surface area contributed by atoms with E-state index in [9.17, 15) is 0 Å². The monoisotopic (exact) mass is 170 g/mol. The summed E-state index contributed by atoms with van der Waals surface area (Å²) in [6, 6.07) is 0.430. The smallest absolute Gasteiger partial charge is 0.0223 e. The van der Waals surface area contributed by atoms with Crippen LogP contribution >= 0.6 is 0 Å². The zero-order chi connectivity index (χ0) is 9.30. The van der Waals surface area contributed by atoms with E-state index in [1.54, 1.807) is 0 Å². The average Bonchev–Trinajstić information content (AvgIpc) is 2.08.